The van der Waals surface area contributed by atoms with Crippen molar-refractivity contribution in [3.05, 3.63) is 23.8 Å². The summed E-state index contributed by atoms with van der Waals surface area (Å²) in [4.78, 5) is 25.0. The molecule has 0 bridgehead atoms. The van der Waals surface area contributed by atoms with Crippen LogP contribution in [0.4, 0.5) is 11.4 Å². The molecule has 0 fully saturated rings. The molecular weight excluding hydrogens is 256 g/mol. The third-order valence-electron chi connectivity index (χ3n) is 2.77. The minimum atomic E-state index is -0.196. The van der Waals surface area contributed by atoms with Crippen LogP contribution in [0.2, 0.25) is 0 Å². The van der Waals surface area contributed by atoms with Gasteiger partial charge < -0.3 is 16.4 Å². The molecule has 0 aliphatic heterocycles. The first-order valence-electron chi connectivity index (χ1n) is 6.54. The SMILES string of the molecule is CCNC(=O)CN(C)CC(=O)Nc1c(C)cccc1N. The van der Waals surface area contributed by atoms with Gasteiger partial charge in [0.25, 0.3) is 0 Å². The van der Waals surface area contributed by atoms with Crippen molar-refractivity contribution in [3.8, 4) is 0 Å². The smallest absolute Gasteiger partial charge is 0.238 e. The monoisotopic (exact) mass is 278 g/mol. The molecule has 1 aromatic carbocycles. The summed E-state index contributed by atoms with van der Waals surface area (Å²) in [6.07, 6.45) is 0. The zero-order chi connectivity index (χ0) is 15.1. The average Bonchev–Trinajstić information content (AvgIpc) is 2.34. The topological polar surface area (TPSA) is 87.5 Å². The number of aryl methyl sites for hydroxylation is 1. The zero-order valence-corrected chi connectivity index (χ0v) is 12.2. The number of nitrogens with zero attached hydrogens (tertiary/aromatic N) is 1. The summed E-state index contributed by atoms with van der Waals surface area (Å²) in [7, 11) is 1.72. The molecule has 0 radical (unpaired) electrons. The Morgan fingerprint density at radius 2 is 1.90 bits per heavy atom. The van der Waals surface area contributed by atoms with E-state index in [-0.39, 0.29) is 24.9 Å². The Kier molecular flexibility index (Phi) is 5.99. The van der Waals surface area contributed by atoms with Crippen LogP contribution < -0.4 is 16.4 Å². The second kappa shape index (κ2) is 7.49. The van der Waals surface area contributed by atoms with Crippen LogP contribution in [-0.2, 0) is 9.59 Å². The van der Waals surface area contributed by atoms with Gasteiger partial charge in [0.1, 0.15) is 0 Å². The number of hydrogen-bond acceptors (Lipinski definition) is 4. The van der Waals surface area contributed by atoms with Gasteiger partial charge in [-0.05, 0) is 32.5 Å². The summed E-state index contributed by atoms with van der Waals surface area (Å²) in [6.45, 7) is 4.63. The van der Waals surface area contributed by atoms with Crippen molar-refractivity contribution in [2.24, 2.45) is 0 Å². The predicted molar refractivity (Wildman–Crippen MR) is 80.4 cm³/mol. The summed E-state index contributed by atoms with van der Waals surface area (Å²) >= 11 is 0. The van der Waals surface area contributed by atoms with Crippen LogP contribution in [0.25, 0.3) is 0 Å². The second-order valence-electron chi connectivity index (χ2n) is 4.71. The van der Waals surface area contributed by atoms with Crippen LogP contribution >= 0.6 is 0 Å². The first kappa shape index (κ1) is 16.0. The number of likely N-dealkylation sites (N-methyl/N-ethyl adjacent to an activating group) is 2. The van der Waals surface area contributed by atoms with E-state index in [1.807, 2.05) is 26.0 Å². The van der Waals surface area contributed by atoms with E-state index < -0.39 is 0 Å². The fourth-order valence-electron chi connectivity index (χ4n) is 1.84. The molecule has 0 aliphatic rings. The minimum absolute atomic E-state index is 0.0989. The van der Waals surface area contributed by atoms with Gasteiger partial charge in [0.15, 0.2) is 0 Å². The Morgan fingerprint density at radius 1 is 1.25 bits per heavy atom. The predicted octanol–water partition coefficient (Wildman–Crippen LogP) is 0.584. The molecule has 0 spiro atoms. The summed E-state index contributed by atoms with van der Waals surface area (Å²) in [5.74, 6) is -0.295. The Balaban J connectivity index is 2.53. The van der Waals surface area contributed by atoms with Gasteiger partial charge in [-0.25, -0.2) is 0 Å². The minimum Gasteiger partial charge on any atom is -0.397 e. The van der Waals surface area contributed by atoms with E-state index >= 15 is 0 Å². The van der Waals surface area contributed by atoms with Gasteiger partial charge in [-0.15, -0.1) is 0 Å². The molecule has 6 heteroatoms. The van der Waals surface area contributed by atoms with Crippen molar-refractivity contribution >= 4 is 23.2 Å². The van der Waals surface area contributed by atoms with Gasteiger partial charge in [-0.3, -0.25) is 14.5 Å². The summed E-state index contributed by atoms with van der Waals surface area (Å²) in [6, 6.07) is 5.45. The highest BCUT2D eigenvalue weighted by molar-refractivity contribution is 5.96. The van der Waals surface area contributed by atoms with Gasteiger partial charge in [-0.1, -0.05) is 12.1 Å². The van der Waals surface area contributed by atoms with Crippen LogP contribution in [0, 0.1) is 6.92 Å². The van der Waals surface area contributed by atoms with Gasteiger partial charge in [0, 0.05) is 6.54 Å². The van der Waals surface area contributed by atoms with Crippen molar-refractivity contribution < 1.29 is 9.59 Å². The van der Waals surface area contributed by atoms with Crippen LogP contribution in [-0.4, -0.2) is 43.4 Å². The van der Waals surface area contributed by atoms with E-state index in [0.717, 1.165) is 5.56 Å². The first-order chi connectivity index (χ1) is 9.43. The molecule has 0 aromatic heterocycles. The van der Waals surface area contributed by atoms with Crippen molar-refractivity contribution in [2.45, 2.75) is 13.8 Å². The zero-order valence-electron chi connectivity index (χ0n) is 12.2. The largest absolute Gasteiger partial charge is 0.397 e. The number of amides is 2. The molecule has 1 aromatic rings. The van der Waals surface area contributed by atoms with Crippen LogP contribution in [0.3, 0.4) is 0 Å². The Bertz CT molecular complexity index is 468. The maximum Gasteiger partial charge on any atom is 0.238 e. The van der Waals surface area contributed by atoms with E-state index in [1.54, 1.807) is 18.0 Å². The Labute approximate surface area is 119 Å². The molecule has 1 rings (SSSR count). The molecule has 4 N–H and O–H groups in total. The molecule has 0 unspecified atom stereocenters. The summed E-state index contributed by atoms with van der Waals surface area (Å²) in [5, 5.41) is 5.46. The lowest BCUT2D eigenvalue weighted by Crippen LogP contribution is -2.38. The number of rotatable bonds is 6. The molecule has 0 saturated carbocycles. The lowest BCUT2D eigenvalue weighted by atomic mass is 10.1. The van der Waals surface area contributed by atoms with Crippen LogP contribution in [0.15, 0.2) is 18.2 Å². The quantitative estimate of drug-likeness (QED) is 0.664. The van der Waals surface area contributed by atoms with E-state index in [4.69, 9.17) is 5.73 Å². The summed E-state index contributed by atoms with van der Waals surface area (Å²) in [5.41, 5.74) is 7.90. The lowest BCUT2D eigenvalue weighted by Gasteiger charge is -2.17. The van der Waals surface area contributed by atoms with E-state index in [2.05, 4.69) is 10.6 Å². The van der Waals surface area contributed by atoms with Crippen molar-refractivity contribution in [1.82, 2.24) is 10.2 Å². The number of benzene rings is 1. The van der Waals surface area contributed by atoms with Gasteiger partial charge >= 0.3 is 0 Å². The Morgan fingerprint density at radius 3 is 2.50 bits per heavy atom. The van der Waals surface area contributed by atoms with Gasteiger partial charge in [0.2, 0.25) is 11.8 Å². The number of nitrogens with two attached hydrogens (primary N) is 1. The maximum absolute atomic E-state index is 11.9. The average molecular weight is 278 g/mol. The normalized spacial score (nSPS) is 10.4. The number of carbonyl (C=O) groups is 2. The number of anilines is 2. The third-order valence-corrected chi connectivity index (χ3v) is 2.77. The fourth-order valence-corrected chi connectivity index (χ4v) is 1.84. The van der Waals surface area contributed by atoms with Crippen molar-refractivity contribution in [1.29, 1.82) is 0 Å². The second-order valence-corrected chi connectivity index (χ2v) is 4.71. The molecule has 0 heterocycles. The number of nitrogens with one attached hydrogen (secondary N) is 2. The van der Waals surface area contributed by atoms with Crippen LogP contribution in [0.1, 0.15) is 12.5 Å². The molecule has 0 saturated heterocycles. The van der Waals surface area contributed by atoms with E-state index in [9.17, 15) is 9.59 Å². The van der Waals surface area contributed by atoms with Gasteiger partial charge in [0.05, 0.1) is 24.5 Å². The highest BCUT2D eigenvalue weighted by atomic mass is 16.2. The third kappa shape index (κ3) is 4.89. The molecule has 6 nitrogen and oxygen atoms in total. The van der Waals surface area contributed by atoms with Gasteiger partial charge in [-0.2, -0.15) is 0 Å². The van der Waals surface area contributed by atoms with Crippen molar-refractivity contribution in [2.75, 3.05) is 37.7 Å². The van der Waals surface area contributed by atoms with E-state index in [0.29, 0.717) is 17.9 Å². The molecule has 0 aliphatic carbocycles. The molecule has 2 amide bonds. The molecule has 0 atom stereocenters. The highest BCUT2D eigenvalue weighted by Crippen LogP contribution is 2.22. The number of para-hydroxylation sites is 1. The lowest BCUT2D eigenvalue weighted by molar-refractivity contribution is -0.122. The standard InChI is InChI=1S/C14H22N4O2/c1-4-16-12(19)8-18(3)9-13(20)17-14-10(2)6-5-7-11(14)15/h5-7H,4,8-9,15H2,1-3H3,(H,16,19)(H,17,20). The first-order valence-corrected chi connectivity index (χ1v) is 6.54. The summed E-state index contributed by atoms with van der Waals surface area (Å²) < 4.78 is 0. The maximum atomic E-state index is 11.9. The number of carbonyl (C=O) groups excluding carboxylic acids is 2. The number of hydrogen-bond donors (Lipinski definition) is 3. The Hall–Kier alpha value is -2.08. The molecule has 110 valence electrons. The van der Waals surface area contributed by atoms with Crippen molar-refractivity contribution in [3.63, 3.8) is 0 Å². The molecule has 20 heavy (non-hydrogen) atoms. The van der Waals surface area contributed by atoms with Crippen LogP contribution in [0.5, 0.6) is 0 Å². The highest BCUT2D eigenvalue weighted by Gasteiger charge is 2.12. The molecular formula is C14H22N4O2. The number of nitrogen functional groups attached to an aromatic ring is 1. The van der Waals surface area contributed by atoms with E-state index in [1.165, 1.54) is 0 Å². The fraction of sp³-hybridized carbons (Fsp3) is 0.429.